The smallest absolute Gasteiger partial charge is 0.254 e. The molecular weight excluding hydrogens is 563 g/mol. The molecule has 4 heterocycles. The number of anilines is 1. The van der Waals surface area contributed by atoms with Crippen LogP contribution in [-0.2, 0) is 4.79 Å². The molecule has 6 rings (SSSR count). The summed E-state index contributed by atoms with van der Waals surface area (Å²) in [5, 5.41) is 9.45. The van der Waals surface area contributed by atoms with Crippen molar-refractivity contribution in [1.29, 1.82) is 0 Å². The van der Waals surface area contributed by atoms with Crippen LogP contribution >= 0.6 is 23.1 Å². The molecule has 1 aliphatic rings. The molecule has 2 aromatic carbocycles. The number of halogens is 2. The molecule has 0 unspecified atom stereocenters. The molecule has 3 aromatic heterocycles. The fourth-order valence-corrected chi connectivity index (χ4v) is 5.75. The molecule has 0 aliphatic carbocycles. The second-order valence-electron chi connectivity index (χ2n) is 10.00. The normalized spacial score (nSPS) is 17.2. The maximum atomic E-state index is 14.3. The number of aromatic nitrogens is 5. The first-order valence-electron chi connectivity index (χ1n) is 13.1. The third kappa shape index (κ3) is 5.53. The fourth-order valence-electron chi connectivity index (χ4n) is 5.12. The van der Waals surface area contributed by atoms with E-state index >= 15 is 0 Å². The highest BCUT2D eigenvalue weighted by molar-refractivity contribution is 7.03. The molecule has 1 amide bonds. The van der Waals surface area contributed by atoms with Crippen LogP contribution < -0.4 is 10.9 Å². The van der Waals surface area contributed by atoms with E-state index in [0.717, 1.165) is 5.56 Å². The van der Waals surface area contributed by atoms with Gasteiger partial charge in [-0.05, 0) is 72.4 Å². The Bertz CT molecular complexity index is 1810. The van der Waals surface area contributed by atoms with Gasteiger partial charge in [0.2, 0.25) is 5.91 Å². The van der Waals surface area contributed by atoms with Crippen molar-refractivity contribution in [3.8, 4) is 33.6 Å². The summed E-state index contributed by atoms with van der Waals surface area (Å²) in [6.07, 6.45) is 4.99. The molecule has 0 spiro atoms. The number of pyridine rings is 1. The van der Waals surface area contributed by atoms with Crippen LogP contribution in [-0.4, -0.2) is 30.0 Å². The SMILES string of the molecule is C[C@@H]1CCC[C@H](n2cnc(-c3cc(Cl)ccc3-c3csnn3)cc2=O)c2cc(ccn2)-c2cc(F)ccc2NC1=O. The zero-order chi connectivity index (χ0) is 28.5. The molecular formula is C30H24ClFN6O2S. The van der Waals surface area contributed by atoms with Crippen LogP contribution in [0.4, 0.5) is 10.1 Å². The Morgan fingerprint density at radius 3 is 2.66 bits per heavy atom. The van der Waals surface area contributed by atoms with E-state index in [0.29, 0.717) is 63.7 Å². The summed E-state index contributed by atoms with van der Waals surface area (Å²) in [5.74, 6) is -0.837. The molecule has 0 saturated heterocycles. The quantitative estimate of drug-likeness (QED) is 0.254. The molecule has 0 saturated carbocycles. The third-order valence-corrected chi connectivity index (χ3v) is 8.04. The van der Waals surface area contributed by atoms with Gasteiger partial charge in [0, 0.05) is 51.0 Å². The predicted molar refractivity (Wildman–Crippen MR) is 157 cm³/mol. The molecule has 2 atom stereocenters. The standard InChI is InChI=1S/C30H24ClFN6O2S/c1-17-3-2-4-28(26-11-18(9-10-33-26)22-13-20(32)6-8-24(22)35-30(17)40)38-16-34-25(14-29(38)39)23-12-19(31)5-7-21(23)27-15-41-37-36-27/h5-17,28H,2-4H2,1H3,(H,35,40)/t17-,28+/m1/s1. The predicted octanol–water partition coefficient (Wildman–Crippen LogP) is 6.63. The topological polar surface area (TPSA) is 103 Å². The highest BCUT2D eigenvalue weighted by atomic mass is 35.5. The average Bonchev–Trinajstić information content (AvgIpc) is 3.51. The van der Waals surface area contributed by atoms with Crippen molar-refractivity contribution in [2.45, 2.75) is 32.2 Å². The van der Waals surface area contributed by atoms with E-state index in [2.05, 4.69) is 24.9 Å². The van der Waals surface area contributed by atoms with Gasteiger partial charge >= 0.3 is 0 Å². The van der Waals surface area contributed by atoms with Crippen LogP contribution in [0, 0.1) is 11.7 Å². The number of nitrogens with zero attached hydrogens (tertiary/aromatic N) is 5. The van der Waals surface area contributed by atoms with Crippen LogP contribution in [0.5, 0.6) is 0 Å². The van der Waals surface area contributed by atoms with Gasteiger partial charge in [-0.25, -0.2) is 9.37 Å². The van der Waals surface area contributed by atoms with Crippen molar-refractivity contribution in [3.05, 3.63) is 99.4 Å². The second kappa shape index (κ2) is 11.3. The number of rotatable bonds is 3. The Balaban J connectivity index is 1.44. The van der Waals surface area contributed by atoms with Gasteiger partial charge in [-0.3, -0.25) is 19.1 Å². The zero-order valence-corrected chi connectivity index (χ0v) is 23.5. The van der Waals surface area contributed by atoms with Gasteiger partial charge in [-0.2, -0.15) is 0 Å². The van der Waals surface area contributed by atoms with E-state index in [-0.39, 0.29) is 17.4 Å². The molecule has 5 aromatic rings. The second-order valence-corrected chi connectivity index (χ2v) is 11.0. The van der Waals surface area contributed by atoms with E-state index < -0.39 is 11.9 Å². The summed E-state index contributed by atoms with van der Waals surface area (Å²) in [7, 11) is 0. The van der Waals surface area contributed by atoms with Crippen molar-refractivity contribution < 1.29 is 9.18 Å². The first-order chi connectivity index (χ1) is 19.9. The largest absolute Gasteiger partial charge is 0.325 e. The first kappa shape index (κ1) is 26.9. The van der Waals surface area contributed by atoms with Crippen LogP contribution in [0.15, 0.2) is 77.3 Å². The minimum absolute atomic E-state index is 0.139. The number of hydrogen-bond donors (Lipinski definition) is 1. The summed E-state index contributed by atoms with van der Waals surface area (Å²) >= 11 is 7.54. The van der Waals surface area contributed by atoms with Crippen LogP contribution in [0.1, 0.15) is 37.9 Å². The lowest BCUT2D eigenvalue weighted by atomic mass is 9.95. The number of nitrogens with one attached hydrogen (secondary N) is 1. The first-order valence-corrected chi connectivity index (χ1v) is 14.3. The van der Waals surface area contributed by atoms with Gasteiger partial charge in [0.15, 0.2) is 0 Å². The van der Waals surface area contributed by atoms with Gasteiger partial charge in [-0.15, -0.1) is 5.10 Å². The maximum Gasteiger partial charge on any atom is 0.254 e. The molecule has 8 nitrogen and oxygen atoms in total. The number of fused-ring (bicyclic) bond motifs is 4. The molecule has 41 heavy (non-hydrogen) atoms. The number of benzene rings is 2. The summed E-state index contributed by atoms with van der Waals surface area (Å²) in [5.41, 5.74) is 4.70. The lowest BCUT2D eigenvalue weighted by Crippen LogP contribution is -2.27. The van der Waals surface area contributed by atoms with Gasteiger partial charge in [-0.1, -0.05) is 35.5 Å². The molecule has 1 N–H and O–H groups in total. The van der Waals surface area contributed by atoms with Crippen molar-refractivity contribution in [1.82, 2.24) is 24.1 Å². The third-order valence-electron chi connectivity index (χ3n) is 7.30. The monoisotopic (exact) mass is 586 g/mol. The van der Waals surface area contributed by atoms with Crippen LogP contribution in [0.2, 0.25) is 5.02 Å². The van der Waals surface area contributed by atoms with E-state index in [1.165, 1.54) is 36.1 Å². The van der Waals surface area contributed by atoms with E-state index in [9.17, 15) is 14.0 Å². The van der Waals surface area contributed by atoms with Gasteiger partial charge < -0.3 is 5.32 Å². The van der Waals surface area contributed by atoms with Crippen molar-refractivity contribution in [3.63, 3.8) is 0 Å². The lowest BCUT2D eigenvalue weighted by Gasteiger charge is -2.23. The molecule has 0 fully saturated rings. The average molecular weight is 587 g/mol. The number of carbonyl (C=O) groups excluding carboxylic acids is 1. The van der Waals surface area contributed by atoms with Gasteiger partial charge in [0.1, 0.15) is 11.5 Å². The highest BCUT2D eigenvalue weighted by Crippen LogP contribution is 2.35. The molecule has 206 valence electrons. The van der Waals surface area contributed by atoms with Gasteiger partial charge in [0.05, 0.1) is 23.8 Å². The van der Waals surface area contributed by atoms with Crippen LogP contribution in [0.25, 0.3) is 33.6 Å². The Morgan fingerprint density at radius 1 is 0.976 bits per heavy atom. The Kier molecular flexibility index (Phi) is 7.42. The Morgan fingerprint density at radius 2 is 1.85 bits per heavy atom. The summed E-state index contributed by atoms with van der Waals surface area (Å²) in [6.45, 7) is 1.86. The maximum absolute atomic E-state index is 14.3. The number of carbonyl (C=O) groups is 1. The van der Waals surface area contributed by atoms with Crippen molar-refractivity contribution in [2.75, 3.05) is 5.32 Å². The molecule has 1 aliphatic heterocycles. The van der Waals surface area contributed by atoms with E-state index in [1.807, 2.05) is 24.4 Å². The minimum Gasteiger partial charge on any atom is -0.325 e. The molecule has 0 radical (unpaired) electrons. The Hall–Kier alpha value is -4.28. The number of amides is 1. The summed E-state index contributed by atoms with van der Waals surface area (Å²) in [4.78, 5) is 35.8. The lowest BCUT2D eigenvalue weighted by molar-refractivity contribution is -0.119. The van der Waals surface area contributed by atoms with Crippen molar-refractivity contribution >= 4 is 34.7 Å². The molecule has 2 bridgehead atoms. The van der Waals surface area contributed by atoms with Gasteiger partial charge in [0.25, 0.3) is 5.56 Å². The van der Waals surface area contributed by atoms with Crippen LogP contribution in [0.3, 0.4) is 0 Å². The van der Waals surface area contributed by atoms with Crippen molar-refractivity contribution in [2.24, 2.45) is 5.92 Å². The highest BCUT2D eigenvalue weighted by Gasteiger charge is 2.23. The molecule has 11 heteroatoms. The Labute approximate surface area is 244 Å². The fraction of sp³-hybridized carbons (Fsp3) is 0.200. The summed E-state index contributed by atoms with van der Waals surface area (Å²) < 4.78 is 19.8. The van der Waals surface area contributed by atoms with E-state index in [4.69, 9.17) is 11.6 Å². The summed E-state index contributed by atoms with van der Waals surface area (Å²) in [6, 6.07) is 14.3. The zero-order valence-electron chi connectivity index (χ0n) is 21.9. The number of hydrogen-bond acceptors (Lipinski definition) is 7. The van der Waals surface area contributed by atoms with E-state index in [1.54, 1.807) is 35.0 Å². The minimum atomic E-state index is -0.447.